The highest BCUT2D eigenvalue weighted by Crippen LogP contribution is 2.26. The van der Waals surface area contributed by atoms with Crippen molar-refractivity contribution in [3.63, 3.8) is 0 Å². The summed E-state index contributed by atoms with van der Waals surface area (Å²) >= 11 is 0. The normalized spacial score (nSPS) is 24.5. The molecular formula is C14H21FN2. The molecule has 2 rings (SSSR count). The molecule has 1 unspecified atom stereocenters. The van der Waals surface area contributed by atoms with Crippen LogP contribution in [0.3, 0.4) is 0 Å². The van der Waals surface area contributed by atoms with E-state index in [1.807, 2.05) is 6.07 Å². The second-order valence-electron chi connectivity index (χ2n) is 5.75. The van der Waals surface area contributed by atoms with Crippen molar-refractivity contribution in [1.82, 2.24) is 5.32 Å². The van der Waals surface area contributed by atoms with Crippen LogP contribution < -0.4 is 10.2 Å². The number of nitrogens with zero attached hydrogens (tertiary/aromatic N) is 1. The van der Waals surface area contributed by atoms with Gasteiger partial charge in [0.15, 0.2) is 0 Å². The van der Waals surface area contributed by atoms with Gasteiger partial charge in [0, 0.05) is 31.4 Å². The molecular weight excluding hydrogens is 215 g/mol. The van der Waals surface area contributed by atoms with Crippen molar-refractivity contribution in [2.45, 2.75) is 26.8 Å². The predicted molar refractivity (Wildman–Crippen MR) is 69.9 cm³/mol. The van der Waals surface area contributed by atoms with Crippen molar-refractivity contribution in [3.05, 3.63) is 30.1 Å². The molecule has 1 fully saturated rings. The second-order valence-corrected chi connectivity index (χ2v) is 5.75. The number of nitrogens with one attached hydrogen (secondary N) is 1. The lowest BCUT2D eigenvalue weighted by Crippen LogP contribution is -2.40. The first kappa shape index (κ1) is 12.4. The quantitative estimate of drug-likeness (QED) is 0.806. The third-order valence-corrected chi connectivity index (χ3v) is 3.31. The summed E-state index contributed by atoms with van der Waals surface area (Å²) in [7, 11) is 0. The predicted octanol–water partition coefficient (Wildman–Crippen LogP) is 2.65. The molecule has 1 heterocycles. The van der Waals surface area contributed by atoms with E-state index >= 15 is 0 Å². The van der Waals surface area contributed by atoms with Crippen LogP contribution in [-0.2, 0) is 0 Å². The van der Waals surface area contributed by atoms with E-state index in [4.69, 9.17) is 0 Å². The molecule has 1 saturated heterocycles. The Morgan fingerprint density at radius 1 is 1.41 bits per heavy atom. The van der Waals surface area contributed by atoms with Crippen LogP contribution in [0.1, 0.15) is 20.8 Å². The van der Waals surface area contributed by atoms with Gasteiger partial charge in [-0.1, -0.05) is 19.9 Å². The number of hydrogen-bond donors (Lipinski definition) is 1. The molecule has 1 aliphatic rings. The highest BCUT2D eigenvalue weighted by molar-refractivity contribution is 5.48. The molecule has 3 heteroatoms. The number of hydrogen-bond acceptors (Lipinski definition) is 2. The molecule has 0 amide bonds. The molecule has 0 saturated carbocycles. The molecule has 0 aliphatic carbocycles. The van der Waals surface area contributed by atoms with Gasteiger partial charge in [-0.3, -0.25) is 0 Å². The molecule has 94 valence electrons. The van der Waals surface area contributed by atoms with Gasteiger partial charge in [-0.15, -0.1) is 0 Å². The Kier molecular flexibility index (Phi) is 3.38. The maximum atomic E-state index is 13.3. The van der Waals surface area contributed by atoms with E-state index in [0.29, 0.717) is 6.04 Å². The van der Waals surface area contributed by atoms with Crippen LogP contribution in [0.15, 0.2) is 24.3 Å². The summed E-state index contributed by atoms with van der Waals surface area (Å²) in [5, 5.41) is 3.47. The van der Waals surface area contributed by atoms with Crippen molar-refractivity contribution < 1.29 is 4.39 Å². The second kappa shape index (κ2) is 4.65. The molecule has 0 bridgehead atoms. The zero-order valence-electron chi connectivity index (χ0n) is 10.8. The van der Waals surface area contributed by atoms with Crippen LogP contribution in [0.4, 0.5) is 10.1 Å². The van der Waals surface area contributed by atoms with Crippen molar-refractivity contribution in [2.75, 3.05) is 24.5 Å². The van der Waals surface area contributed by atoms with Crippen molar-refractivity contribution >= 4 is 5.69 Å². The highest BCUT2D eigenvalue weighted by Gasteiger charge is 2.28. The van der Waals surface area contributed by atoms with Gasteiger partial charge in [-0.05, 0) is 30.5 Å². The molecule has 1 N–H and O–H groups in total. The number of rotatable bonds is 1. The summed E-state index contributed by atoms with van der Waals surface area (Å²) in [5.74, 6) is -0.162. The van der Waals surface area contributed by atoms with Crippen LogP contribution >= 0.6 is 0 Å². The number of anilines is 1. The molecule has 1 aromatic carbocycles. The van der Waals surface area contributed by atoms with E-state index in [9.17, 15) is 4.39 Å². The first-order valence-electron chi connectivity index (χ1n) is 6.21. The molecule has 17 heavy (non-hydrogen) atoms. The lowest BCUT2D eigenvalue weighted by Gasteiger charge is -2.34. The van der Waals surface area contributed by atoms with Crippen molar-refractivity contribution in [1.29, 1.82) is 0 Å². The molecule has 0 radical (unpaired) electrons. The fraction of sp³-hybridized carbons (Fsp3) is 0.571. The summed E-state index contributed by atoms with van der Waals surface area (Å²) in [5.41, 5.74) is 1.19. The fourth-order valence-electron chi connectivity index (χ4n) is 2.40. The largest absolute Gasteiger partial charge is 0.367 e. The molecule has 0 aromatic heterocycles. The van der Waals surface area contributed by atoms with Crippen LogP contribution in [-0.4, -0.2) is 25.7 Å². The van der Waals surface area contributed by atoms with Gasteiger partial charge in [0.25, 0.3) is 0 Å². The smallest absolute Gasteiger partial charge is 0.125 e. The minimum atomic E-state index is -0.162. The van der Waals surface area contributed by atoms with Gasteiger partial charge < -0.3 is 10.2 Å². The fourth-order valence-corrected chi connectivity index (χ4v) is 2.40. The maximum absolute atomic E-state index is 13.3. The van der Waals surface area contributed by atoms with Gasteiger partial charge in [0.2, 0.25) is 0 Å². The number of halogens is 1. The zero-order valence-corrected chi connectivity index (χ0v) is 10.8. The van der Waals surface area contributed by atoms with Crippen molar-refractivity contribution in [2.24, 2.45) is 5.41 Å². The van der Waals surface area contributed by atoms with E-state index in [1.165, 1.54) is 6.07 Å². The monoisotopic (exact) mass is 236 g/mol. The first-order chi connectivity index (χ1) is 7.98. The van der Waals surface area contributed by atoms with Crippen molar-refractivity contribution in [3.8, 4) is 0 Å². The summed E-state index contributed by atoms with van der Waals surface area (Å²) in [6.07, 6.45) is 0. The highest BCUT2D eigenvalue weighted by atomic mass is 19.1. The maximum Gasteiger partial charge on any atom is 0.125 e. The minimum absolute atomic E-state index is 0.162. The Bertz CT molecular complexity index is 390. The summed E-state index contributed by atoms with van der Waals surface area (Å²) in [6, 6.07) is 7.27. The molecule has 2 nitrogen and oxygen atoms in total. The Morgan fingerprint density at radius 2 is 2.18 bits per heavy atom. The third kappa shape index (κ3) is 2.97. The topological polar surface area (TPSA) is 15.3 Å². The summed E-state index contributed by atoms with van der Waals surface area (Å²) in [4.78, 5) is 2.29. The molecule has 1 atom stereocenters. The average molecular weight is 236 g/mol. The molecule has 1 aliphatic heterocycles. The Morgan fingerprint density at radius 3 is 2.88 bits per heavy atom. The van der Waals surface area contributed by atoms with Crippen LogP contribution in [0.5, 0.6) is 0 Å². The molecule has 0 spiro atoms. The van der Waals surface area contributed by atoms with Crippen LogP contribution in [0.2, 0.25) is 0 Å². The van der Waals surface area contributed by atoms with Gasteiger partial charge in [0.1, 0.15) is 5.82 Å². The Labute approximate surface area is 103 Å². The summed E-state index contributed by atoms with van der Waals surface area (Å²) in [6.45, 7) is 9.56. The van der Waals surface area contributed by atoms with Gasteiger partial charge >= 0.3 is 0 Å². The van der Waals surface area contributed by atoms with Crippen LogP contribution in [0, 0.1) is 11.2 Å². The van der Waals surface area contributed by atoms with Gasteiger partial charge in [-0.25, -0.2) is 4.39 Å². The first-order valence-corrected chi connectivity index (χ1v) is 6.21. The van der Waals surface area contributed by atoms with E-state index in [1.54, 1.807) is 12.1 Å². The Balaban J connectivity index is 2.27. The third-order valence-electron chi connectivity index (χ3n) is 3.31. The van der Waals surface area contributed by atoms with Crippen LogP contribution in [0.25, 0.3) is 0 Å². The SMILES string of the molecule is CC1CNCC(C)(C)CN1c1cccc(F)c1. The summed E-state index contributed by atoms with van der Waals surface area (Å²) < 4.78 is 13.3. The minimum Gasteiger partial charge on any atom is -0.367 e. The van der Waals surface area contributed by atoms with E-state index < -0.39 is 0 Å². The van der Waals surface area contributed by atoms with Gasteiger partial charge in [0.05, 0.1) is 0 Å². The van der Waals surface area contributed by atoms with E-state index in [0.717, 1.165) is 25.3 Å². The average Bonchev–Trinajstić information content (AvgIpc) is 2.38. The Hall–Kier alpha value is -1.09. The number of benzene rings is 1. The van der Waals surface area contributed by atoms with Gasteiger partial charge in [-0.2, -0.15) is 0 Å². The van der Waals surface area contributed by atoms with E-state index in [-0.39, 0.29) is 11.2 Å². The standard InChI is InChI=1S/C14H21FN2/c1-11-8-16-9-14(2,3)10-17(11)13-6-4-5-12(15)7-13/h4-7,11,16H,8-10H2,1-3H3. The lowest BCUT2D eigenvalue weighted by atomic mass is 9.93. The zero-order chi connectivity index (χ0) is 12.5. The van der Waals surface area contributed by atoms with E-state index in [2.05, 4.69) is 31.0 Å². The molecule has 1 aromatic rings. The lowest BCUT2D eigenvalue weighted by molar-refractivity contribution is 0.369.